The van der Waals surface area contributed by atoms with Gasteiger partial charge in [-0.1, -0.05) is 0 Å². The van der Waals surface area contributed by atoms with Gasteiger partial charge in [0.1, 0.15) is 11.6 Å². The van der Waals surface area contributed by atoms with Crippen molar-refractivity contribution in [3.8, 4) is 5.75 Å². The van der Waals surface area contributed by atoms with Crippen LogP contribution in [0.2, 0.25) is 0 Å². The maximum atomic E-state index is 12.8. The highest BCUT2D eigenvalue weighted by atomic mass is 79.9. The monoisotopic (exact) mass is 493 g/mol. The number of nitrogens with one attached hydrogen (secondary N) is 2. The highest BCUT2D eigenvalue weighted by Crippen LogP contribution is 2.25. The van der Waals surface area contributed by atoms with E-state index in [9.17, 15) is 18.8 Å². The fourth-order valence-electron chi connectivity index (χ4n) is 2.27. The summed E-state index contributed by atoms with van der Waals surface area (Å²) in [5, 5.41) is 6.42. The Kier molecular flexibility index (Phi) is 9.63. The molecule has 0 spiro atoms. The Bertz CT molecular complexity index is 951. The predicted octanol–water partition coefficient (Wildman–Crippen LogP) is 3.40. The van der Waals surface area contributed by atoms with E-state index in [1.54, 1.807) is 25.1 Å². The van der Waals surface area contributed by atoms with Gasteiger partial charge in [-0.3, -0.25) is 9.59 Å². The molecule has 2 N–H and O–H groups in total. The molecule has 10 heteroatoms. The normalized spacial score (nSPS) is 10.5. The van der Waals surface area contributed by atoms with Gasteiger partial charge in [-0.25, -0.2) is 14.6 Å². The quantitative estimate of drug-likeness (QED) is 0.299. The van der Waals surface area contributed by atoms with Crippen LogP contribution in [0.15, 0.2) is 52.0 Å². The fourth-order valence-corrected chi connectivity index (χ4v) is 2.78. The number of amides is 2. The second-order valence-electron chi connectivity index (χ2n) is 6.13. The number of ether oxygens (including phenoxy) is 2. The molecule has 2 rings (SSSR count). The van der Waals surface area contributed by atoms with E-state index < -0.39 is 17.7 Å². The van der Waals surface area contributed by atoms with Crippen LogP contribution in [-0.2, 0) is 19.1 Å². The largest absolute Gasteiger partial charge is 0.481 e. The molecule has 31 heavy (non-hydrogen) atoms. The third-order valence-electron chi connectivity index (χ3n) is 3.72. The summed E-state index contributed by atoms with van der Waals surface area (Å²) in [7, 11) is 0. The van der Waals surface area contributed by atoms with Crippen LogP contribution in [0.5, 0.6) is 5.75 Å². The van der Waals surface area contributed by atoms with Crippen molar-refractivity contribution in [3.63, 3.8) is 0 Å². The van der Waals surface area contributed by atoms with Crippen LogP contribution in [0.25, 0.3) is 0 Å². The standard InChI is InChI=1S/C21H21BrFN3O5/c1-2-30-21(29)13-31-18-8-3-14(11-17(18)22)12-24-26-20(28)10-9-19(27)25-16-6-4-15(23)5-7-16/h3-8,11-12H,2,9-10,13H2,1H3,(H,25,27)(H,26,28). The molecule has 0 aliphatic carbocycles. The van der Waals surface area contributed by atoms with Crippen molar-refractivity contribution in [2.45, 2.75) is 19.8 Å². The predicted molar refractivity (Wildman–Crippen MR) is 116 cm³/mol. The maximum Gasteiger partial charge on any atom is 0.344 e. The van der Waals surface area contributed by atoms with E-state index in [0.717, 1.165) is 0 Å². The first-order chi connectivity index (χ1) is 14.9. The zero-order valence-electron chi connectivity index (χ0n) is 16.7. The minimum absolute atomic E-state index is 0.0449. The summed E-state index contributed by atoms with van der Waals surface area (Å²) >= 11 is 3.34. The van der Waals surface area contributed by atoms with Crippen molar-refractivity contribution in [2.75, 3.05) is 18.5 Å². The van der Waals surface area contributed by atoms with E-state index in [-0.39, 0.29) is 32.0 Å². The molecule has 0 aromatic heterocycles. The van der Waals surface area contributed by atoms with Gasteiger partial charge >= 0.3 is 5.97 Å². The molecule has 0 bridgehead atoms. The average Bonchev–Trinajstić information content (AvgIpc) is 2.73. The van der Waals surface area contributed by atoms with Crippen LogP contribution in [0, 0.1) is 5.82 Å². The SMILES string of the molecule is CCOC(=O)COc1ccc(C=NNC(=O)CCC(=O)Nc2ccc(F)cc2)cc1Br. The van der Waals surface area contributed by atoms with Gasteiger partial charge in [-0.15, -0.1) is 0 Å². The molecule has 8 nitrogen and oxygen atoms in total. The Balaban J connectivity index is 1.75. The number of hydrazone groups is 1. The second-order valence-corrected chi connectivity index (χ2v) is 6.99. The summed E-state index contributed by atoms with van der Waals surface area (Å²) in [6.45, 7) is 1.79. The molecule has 164 valence electrons. The van der Waals surface area contributed by atoms with E-state index >= 15 is 0 Å². The second kappa shape index (κ2) is 12.4. The Labute approximate surface area is 186 Å². The van der Waals surface area contributed by atoms with Gasteiger partial charge in [0.25, 0.3) is 0 Å². The van der Waals surface area contributed by atoms with Gasteiger partial charge in [0.05, 0.1) is 17.3 Å². The molecular weight excluding hydrogens is 473 g/mol. The lowest BCUT2D eigenvalue weighted by atomic mass is 10.2. The first kappa shape index (κ1) is 24.0. The number of carbonyl (C=O) groups is 3. The van der Waals surface area contributed by atoms with Crippen molar-refractivity contribution in [1.29, 1.82) is 0 Å². The van der Waals surface area contributed by atoms with Gasteiger partial charge in [0, 0.05) is 18.5 Å². The van der Waals surface area contributed by atoms with Crippen molar-refractivity contribution >= 4 is 45.6 Å². The number of hydrogen-bond donors (Lipinski definition) is 2. The summed E-state index contributed by atoms with van der Waals surface area (Å²) in [5.41, 5.74) is 3.46. The fraction of sp³-hybridized carbons (Fsp3) is 0.238. The molecule has 0 aliphatic rings. The molecule has 0 aliphatic heterocycles. The molecule has 2 amide bonds. The van der Waals surface area contributed by atoms with Crippen molar-refractivity contribution in [3.05, 3.63) is 58.3 Å². The Morgan fingerprint density at radius 3 is 2.48 bits per heavy atom. The number of hydrogen-bond acceptors (Lipinski definition) is 6. The topological polar surface area (TPSA) is 106 Å². The molecule has 2 aromatic rings. The van der Waals surface area contributed by atoms with Gasteiger partial charge in [-0.05, 0) is 70.9 Å². The zero-order chi connectivity index (χ0) is 22.6. The number of nitrogens with zero attached hydrogens (tertiary/aromatic N) is 1. The number of esters is 1. The molecule has 0 heterocycles. The summed E-state index contributed by atoms with van der Waals surface area (Å²) in [6.07, 6.45) is 1.32. The lowest BCUT2D eigenvalue weighted by Crippen LogP contribution is -2.20. The number of anilines is 1. The summed E-state index contributed by atoms with van der Waals surface area (Å²) in [6, 6.07) is 10.4. The van der Waals surface area contributed by atoms with Gasteiger partial charge < -0.3 is 14.8 Å². The van der Waals surface area contributed by atoms with E-state index in [4.69, 9.17) is 9.47 Å². The van der Waals surface area contributed by atoms with Crippen LogP contribution in [0.4, 0.5) is 10.1 Å². The first-order valence-corrected chi connectivity index (χ1v) is 10.1. The Hall–Kier alpha value is -3.27. The van der Waals surface area contributed by atoms with Crippen molar-refractivity contribution < 1.29 is 28.2 Å². The van der Waals surface area contributed by atoms with E-state index in [2.05, 4.69) is 31.8 Å². The van der Waals surface area contributed by atoms with Crippen LogP contribution in [0.3, 0.4) is 0 Å². The Morgan fingerprint density at radius 1 is 1.10 bits per heavy atom. The molecular formula is C21H21BrFN3O5. The third kappa shape index (κ3) is 8.95. The molecule has 0 atom stereocenters. The smallest absolute Gasteiger partial charge is 0.344 e. The van der Waals surface area contributed by atoms with Crippen LogP contribution in [-0.4, -0.2) is 37.2 Å². The summed E-state index contributed by atoms with van der Waals surface area (Å²) < 4.78 is 23.6. The lowest BCUT2D eigenvalue weighted by Gasteiger charge is -2.08. The number of carbonyl (C=O) groups excluding carboxylic acids is 3. The third-order valence-corrected chi connectivity index (χ3v) is 4.34. The number of halogens is 2. The minimum Gasteiger partial charge on any atom is -0.481 e. The molecule has 0 radical (unpaired) electrons. The molecule has 0 unspecified atom stereocenters. The van der Waals surface area contributed by atoms with E-state index in [1.165, 1.54) is 30.5 Å². The zero-order valence-corrected chi connectivity index (χ0v) is 18.3. The van der Waals surface area contributed by atoms with Crippen LogP contribution in [0.1, 0.15) is 25.3 Å². The summed E-state index contributed by atoms with van der Waals surface area (Å²) in [5.74, 6) is -1.20. The number of rotatable bonds is 10. The van der Waals surface area contributed by atoms with Crippen LogP contribution < -0.4 is 15.5 Å². The first-order valence-electron chi connectivity index (χ1n) is 9.32. The van der Waals surface area contributed by atoms with Gasteiger partial charge in [-0.2, -0.15) is 5.10 Å². The van der Waals surface area contributed by atoms with Crippen molar-refractivity contribution in [2.24, 2.45) is 5.10 Å². The molecule has 0 saturated heterocycles. The lowest BCUT2D eigenvalue weighted by molar-refractivity contribution is -0.145. The number of benzene rings is 2. The maximum absolute atomic E-state index is 12.8. The van der Waals surface area contributed by atoms with Crippen molar-refractivity contribution in [1.82, 2.24) is 5.43 Å². The average molecular weight is 494 g/mol. The highest BCUT2D eigenvalue weighted by molar-refractivity contribution is 9.10. The van der Waals surface area contributed by atoms with E-state index in [1.807, 2.05) is 0 Å². The van der Waals surface area contributed by atoms with E-state index in [0.29, 0.717) is 21.5 Å². The van der Waals surface area contributed by atoms with Gasteiger partial charge in [0.15, 0.2) is 6.61 Å². The summed E-state index contributed by atoms with van der Waals surface area (Å²) in [4.78, 5) is 35.0. The highest BCUT2D eigenvalue weighted by Gasteiger charge is 2.08. The molecule has 0 saturated carbocycles. The van der Waals surface area contributed by atoms with Gasteiger partial charge in [0.2, 0.25) is 11.8 Å². The molecule has 2 aromatic carbocycles. The Morgan fingerprint density at radius 2 is 1.81 bits per heavy atom. The molecule has 0 fully saturated rings. The minimum atomic E-state index is -0.464. The van der Waals surface area contributed by atoms with Crippen LogP contribution >= 0.6 is 15.9 Å².